The van der Waals surface area contributed by atoms with Gasteiger partial charge in [0.05, 0.1) is 5.56 Å². The van der Waals surface area contributed by atoms with Crippen molar-refractivity contribution < 1.29 is 23.5 Å². The van der Waals surface area contributed by atoms with E-state index in [0.29, 0.717) is 31.9 Å². The van der Waals surface area contributed by atoms with Gasteiger partial charge in [0, 0.05) is 36.9 Å². The second-order valence-electron chi connectivity index (χ2n) is 6.36. The van der Waals surface area contributed by atoms with E-state index < -0.39 is 24.3 Å². The van der Waals surface area contributed by atoms with E-state index in [4.69, 9.17) is 16.3 Å². The molecule has 0 spiro atoms. The number of halogens is 2. The van der Waals surface area contributed by atoms with Crippen LogP contribution in [0.5, 0.6) is 0 Å². The molecule has 0 radical (unpaired) electrons. The van der Waals surface area contributed by atoms with Gasteiger partial charge in [-0.15, -0.1) is 0 Å². The number of carbonyl (C=O) groups is 3. The molecule has 0 unspecified atom stereocenters. The Balaban J connectivity index is 1.45. The van der Waals surface area contributed by atoms with Crippen LogP contribution >= 0.6 is 11.6 Å². The summed E-state index contributed by atoms with van der Waals surface area (Å²) in [7, 11) is 0. The quantitative estimate of drug-likeness (QED) is 0.773. The van der Waals surface area contributed by atoms with Gasteiger partial charge in [0.2, 0.25) is 0 Å². The van der Waals surface area contributed by atoms with Crippen LogP contribution in [0.1, 0.15) is 10.4 Å². The molecule has 2 aromatic carbocycles. The van der Waals surface area contributed by atoms with Gasteiger partial charge < -0.3 is 19.9 Å². The van der Waals surface area contributed by atoms with Crippen LogP contribution in [0.3, 0.4) is 0 Å². The molecule has 7 nitrogen and oxygen atoms in total. The van der Waals surface area contributed by atoms with Crippen LogP contribution in [-0.2, 0) is 9.53 Å². The second-order valence-corrected chi connectivity index (χ2v) is 6.80. The first-order valence-corrected chi connectivity index (χ1v) is 9.33. The summed E-state index contributed by atoms with van der Waals surface area (Å²) in [4.78, 5) is 39.6. The van der Waals surface area contributed by atoms with Crippen molar-refractivity contribution in [1.29, 1.82) is 0 Å². The largest absolute Gasteiger partial charge is 0.452 e. The number of nitrogens with one attached hydrogen (secondary N) is 1. The fourth-order valence-corrected chi connectivity index (χ4v) is 3.01. The van der Waals surface area contributed by atoms with Crippen molar-refractivity contribution in [3.05, 3.63) is 64.9 Å². The van der Waals surface area contributed by atoms with Crippen LogP contribution in [0, 0.1) is 5.82 Å². The fraction of sp³-hybridized carbons (Fsp3) is 0.250. The summed E-state index contributed by atoms with van der Waals surface area (Å²) in [5, 5.41) is 2.98. The van der Waals surface area contributed by atoms with Crippen LogP contribution in [0.4, 0.5) is 14.9 Å². The Morgan fingerprint density at radius 1 is 1.00 bits per heavy atom. The van der Waals surface area contributed by atoms with E-state index in [1.165, 1.54) is 11.0 Å². The Hall–Kier alpha value is -3.13. The summed E-state index contributed by atoms with van der Waals surface area (Å²) in [6.45, 7) is 0.803. The molecule has 1 heterocycles. The number of esters is 1. The normalized spacial score (nSPS) is 13.7. The minimum Gasteiger partial charge on any atom is -0.452 e. The average molecular weight is 420 g/mol. The summed E-state index contributed by atoms with van der Waals surface area (Å²) < 4.78 is 18.6. The highest BCUT2D eigenvalue weighted by molar-refractivity contribution is 6.30. The number of para-hydroxylation sites is 1. The number of hydrogen-bond acceptors (Lipinski definition) is 4. The van der Waals surface area contributed by atoms with Crippen molar-refractivity contribution in [3.8, 4) is 0 Å². The summed E-state index contributed by atoms with van der Waals surface area (Å²) in [6.07, 6.45) is 0. The molecule has 1 N–H and O–H groups in total. The molecule has 1 aliphatic rings. The van der Waals surface area contributed by atoms with Crippen molar-refractivity contribution in [3.63, 3.8) is 0 Å². The van der Waals surface area contributed by atoms with E-state index in [0.717, 1.165) is 12.1 Å². The second kappa shape index (κ2) is 9.38. The van der Waals surface area contributed by atoms with Gasteiger partial charge in [0.25, 0.3) is 5.91 Å². The van der Waals surface area contributed by atoms with Crippen molar-refractivity contribution in [2.75, 3.05) is 38.1 Å². The summed E-state index contributed by atoms with van der Waals surface area (Å²) in [5.41, 5.74) is 0.365. The number of urea groups is 1. The standard InChI is InChI=1S/C20H19ClFN3O4/c21-14-6-7-17(22)16(12-14)19(27)29-13-18(26)24-8-10-25(11-9-24)20(28)23-15-4-2-1-3-5-15/h1-7,12H,8-11,13H2,(H,23,28). The summed E-state index contributed by atoms with van der Waals surface area (Å²) in [6, 6.07) is 12.3. The van der Waals surface area contributed by atoms with Crippen LogP contribution in [0.25, 0.3) is 0 Å². The van der Waals surface area contributed by atoms with Gasteiger partial charge in [-0.05, 0) is 30.3 Å². The number of rotatable bonds is 4. The highest BCUT2D eigenvalue weighted by Crippen LogP contribution is 2.16. The van der Waals surface area contributed by atoms with Gasteiger partial charge in [0.15, 0.2) is 6.61 Å². The molecule has 29 heavy (non-hydrogen) atoms. The molecule has 1 aliphatic heterocycles. The predicted molar refractivity (Wildman–Crippen MR) is 105 cm³/mol. The van der Waals surface area contributed by atoms with E-state index in [9.17, 15) is 18.8 Å². The number of ether oxygens (including phenoxy) is 1. The molecule has 0 aliphatic carbocycles. The number of carbonyl (C=O) groups excluding carboxylic acids is 3. The van der Waals surface area contributed by atoms with Gasteiger partial charge >= 0.3 is 12.0 Å². The van der Waals surface area contributed by atoms with Gasteiger partial charge in [-0.1, -0.05) is 29.8 Å². The highest BCUT2D eigenvalue weighted by atomic mass is 35.5. The van der Waals surface area contributed by atoms with Crippen molar-refractivity contribution in [1.82, 2.24) is 9.80 Å². The highest BCUT2D eigenvalue weighted by Gasteiger charge is 2.25. The average Bonchev–Trinajstić information content (AvgIpc) is 2.74. The van der Waals surface area contributed by atoms with Gasteiger partial charge in [0.1, 0.15) is 5.82 Å². The summed E-state index contributed by atoms with van der Waals surface area (Å²) >= 11 is 5.75. The van der Waals surface area contributed by atoms with Gasteiger partial charge in [-0.2, -0.15) is 0 Å². The SMILES string of the molecule is O=C(OCC(=O)N1CCN(C(=O)Nc2ccccc2)CC1)c1cc(Cl)ccc1F. The number of nitrogens with zero attached hydrogens (tertiary/aromatic N) is 2. The van der Waals surface area contributed by atoms with Crippen molar-refractivity contribution in [2.45, 2.75) is 0 Å². The number of hydrogen-bond donors (Lipinski definition) is 1. The lowest BCUT2D eigenvalue weighted by Crippen LogP contribution is -2.52. The number of anilines is 1. The number of amides is 3. The molecule has 0 atom stereocenters. The van der Waals surface area contributed by atoms with Crippen LogP contribution in [0.15, 0.2) is 48.5 Å². The lowest BCUT2D eigenvalue weighted by Gasteiger charge is -2.34. The Morgan fingerprint density at radius 3 is 2.34 bits per heavy atom. The topological polar surface area (TPSA) is 79.0 Å². The molecule has 1 fully saturated rings. The smallest absolute Gasteiger partial charge is 0.341 e. The monoisotopic (exact) mass is 419 g/mol. The molecule has 0 saturated carbocycles. The Kier molecular flexibility index (Phi) is 6.66. The zero-order chi connectivity index (χ0) is 20.8. The third-order valence-electron chi connectivity index (χ3n) is 4.42. The fourth-order valence-electron chi connectivity index (χ4n) is 2.83. The third-order valence-corrected chi connectivity index (χ3v) is 4.65. The van der Waals surface area contributed by atoms with E-state index in [1.807, 2.05) is 18.2 Å². The summed E-state index contributed by atoms with van der Waals surface area (Å²) in [5.74, 6) is -2.15. The Morgan fingerprint density at radius 2 is 1.66 bits per heavy atom. The number of benzene rings is 2. The molecule has 3 amide bonds. The van der Waals surface area contributed by atoms with E-state index in [1.54, 1.807) is 17.0 Å². The van der Waals surface area contributed by atoms with E-state index >= 15 is 0 Å². The lowest BCUT2D eigenvalue weighted by atomic mass is 10.2. The maximum absolute atomic E-state index is 13.7. The molecule has 0 bridgehead atoms. The molecular weight excluding hydrogens is 401 g/mol. The third kappa shape index (κ3) is 5.45. The van der Waals surface area contributed by atoms with Crippen molar-refractivity contribution >= 4 is 35.2 Å². The lowest BCUT2D eigenvalue weighted by molar-refractivity contribution is -0.135. The van der Waals surface area contributed by atoms with Gasteiger partial charge in [-0.3, -0.25) is 4.79 Å². The predicted octanol–water partition coefficient (Wildman–Crippen LogP) is 3.01. The molecule has 2 aromatic rings. The minimum absolute atomic E-state index is 0.189. The first-order chi connectivity index (χ1) is 13.9. The molecular formula is C20H19ClFN3O4. The maximum Gasteiger partial charge on any atom is 0.341 e. The van der Waals surface area contributed by atoms with E-state index in [-0.39, 0.29) is 16.6 Å². The number of piperazine rings is 1. The van der Waals surface area contributed by atoms with Crippen LogP contribution in [0.2, 0.25) is 5.02 Å². The first kappa shape index (κ1) is 20.6. The van der Waals surface area contributed by atoms with Crippen LogP contribution in [-0.4, -0.2) is 60.5 Å². The van der Waals surface area contributed by atoms with Crippen molar-refractivity contribution in [2.24, 2.45) is 0 Å². The molecule has 3 rings (SSSR count). The Bertz CT molecular complexity index is 902. The van der Waals surface area contributed by atoms with E-state index in [2.05, 4.69) is 5.32 Å². The molecule has 1 saturated heterocycles. The van der Waals surface area contributed by atoms with Crippen LogP contribution < -0.4 is 5.32 Å². The van der Waals surface area contributed by atoms with Gasteiger partial charge in [-0.25, -0.2) is 14.0 Å². The zero-order valence-electron chi connectivity index (χ0n) is 15.4. The molecule has 152 valence electrons. The zero-order valence-corrected chi connectivity index (χ0v) is 16.2. The molecule has 0 aromatic heterocycles. The first-order valence-electron chi connectivity index (χ1n) is 8.95. The maximum atomic E-state index is 13.7. The minimum atomic E-state index is -0.959. The molecule has 9 heteroatoms. The Labute approximate surface area is 172 Å².